The maximum atomic E-state index is 11.3. The number of unbranched alkanes of at least 4 members (excludes halogenated alkanes) is 1. The summed E-state index contributed by atoms with van der Waals surface area (Å²) in [5.74, 6) is -0.125. The third-order valence-corrected chi connectivity index (χ3v) is 2.51. The van der Waals surface area contributed by atoms with Gasteiger partial charge in [-0.2, -0.15) is 0 Å². The highest BCUT2D eigenvalue weighted by atomic mass is 16.5. The molecule has 0 spiro atoms. The fraction of sp³-hybridized carbons (Fsp3) is 0.615. The maximum absolute atomic E-state index is 11.3. The number of nitrogens with zero attached hydrogens (tertiary/aromatic N) is 1. The normalized spacial score (nSPS) is 14.9. The summed E-state index contributed by atoms with van der Waals surface area (Å²) >= 11 is 0. The number of hydrogen-bond acceptors (Lipinski definition) is 3. The van der Waals surface area contributed by atoms with Gasteiger partial charge in [0.05, 0.1) is 13.0 Å². The number of ether oxygens (including phenoxy) is 1. The Balaban J connectivity index is 2.36. The largest absolute Gasteiger partial charge is 0.466 e. The van der Waals surface area contributed by atoms with Gasteiger partial charge in [-0.15, -0.1) is 0 Å². The fourth-order valence-corrected chi connectivity index (χ4v) is 1.69. The van der Waals surface area contributed by atoms with E-state index in [0.717, 1.165) is 18.7 Å². The SMILES string of the molecule is CCCCN1C=CC=C(CC(=O)OCC)C1. The van der Waals surface area contributed by atoms with E-state index in [0.29, 0.717) is 13.0 Å². The second-order valence-electron chi connectivity index (χ2n) is 3.97. The molecule has 0 amide bonds. The quantitative estimate of drug-likeness (QED) is 0.648. The minimum atomic E-state index is -0.125. The number of carbonyl (C=O) groups excluding carboxylic acids is 1. The van der Waals surface area contributed by atoms with E-state index in [4.69, 9.17) is 4.74 Å². The van der Waals surface area contributed by atoms with Crippen molar-refractivity contribution < 1.29 is 9.53 Å². The summed E-state index contributed by atoms with van der Waals surface area (Å²) < 4.78 is 4.94. The fourth-order valence-electron chi connectivity index (χ4n) is 1.69. The molecule has 0 aromatic heterocycles. The van der Waals surface area contributed by atoms with Crippen molar-refractivity contribution in [1.29, 1.82) is 0 Å². The van der Waals surface area contributed by atoms with E-state index in [9.17, 15) is 4.79 Å². The van der Waals surface area contributed by atoms with E-state index < -0.39 is 0 Å². The average Bonchev–Trinajstić information content (AvgIpc) is 2.27. The first-order valence-electron chi connectivity index (χ1n) is 6.02. The smallest absolute Gasteiger partial charge is 0.309 e. The van der Waals surface area contributed by atoms with Crippen LogP contribution >= 0.6 is 0 Å². The lowest BCUT2D eigenvalue weighted by Gasteiger charge is -2.24. The second kappa shape index (κ2) is 7.09. The third kappa shape index (κ3) is 4.51. The predicted octanol–water partition coefficient (Wildman–Crippen LogP) is 2.50. The summed E-state index contributed by atoms with van der Waals surface area (Å²) in [7, 11) is 0. The molecule has 1 rings (SSSR count). The molecule has 0 unspecified atom stereocenters. The molecular weight excluding hydrogens is 202 g/mol. The highest BCUT2D eigenvalue weighted by molar-refractivity contribution is 5.72. The molecule has 0 atom stereocenters. The van der Waals surface area contributed by atoms with E-state index >= 15 is 0 Å². The Kier molecular flexibility index (Phi) is 5.68. The van der Waals surface area contributed by atoms with Gasteiger partial charge in [0.25, 0.3) is 0 Å². The minimum Gasteiger partial charge on any atom is -0.466 e. The molecule has 3 nitrogen and oxygen atoms in total. The molecule has 0 aromatic rings. The van der Waals surface area contributed by atoms with Crippen LogP contribution in [0.1, 0.15) is 33.1 Å². The Bertz CT molecular complexity index is 282. The van der Waals surface area contributed by atoms with Crippen molar-refractivity contribution in [3.05, 3.63) is 23.9 Å². The van der Waals surface area contributed by atoms with E-state index in [1.165, 1.54) is 12.8 Å². The zero-order chi connectivity index (χ0) is 11.8. The van der Waals surface area contributed by atoms with Crippen LogP contribution in [-0.4, -0.2) is 30.6 Å². The Morgan fingerprint density at radius 1 is 1.50 bits per heavy atom. The molecule has 0 N–H and O–H groups in total. The Morgan fingerprint density at radius 2 is 2.31 bits per heavy atom. The van der Waals surface area contributed by atoms with Crippen molar-refractivity contribution in [3.8, 4) is 0 Å². The molecule has 0 radical (unpaired) electrons. The molecule has 1 aliphatic heterocycles. The topological polar surface area (TPSA) is 29.5 Å². The van der Waals surface area contributed by atoms with Crippen LogP contribution < -0.4 is 0 Å². The van der Waals surface area contributed by atoms with Crippen LogP contribution in [-0.2, 0) is 9.53 Å². The number of rotatable bonds is 6. The summed E-state index contributed by atoms with van der Waals surface area (Å²) in [5.41, 5.74) is 1.14. The Morgan fingerprint density at radius 3 is 3.00 bits per heavy atom. The van der Waals surface area contributed by atoms with Gasteiger partial charge in [-0.1, -0.05) is 19.4 Å². The molecule has 1 aliphatic rings. The lowest BCUT2D eigenvalue weighted by molar-refractivity contribution is -0.142. The highest BCUT2D eigenvalue weighted by Gasteiger charge is 2.11. The standard InChI is InChI=1S/C13H21NO2/c1-3-5-8-14-9-6-7-12(11-14)10-13(15)16-4-2/h6-7,9H,3-5,8,10-11H2,1-2H3. The van der Waals surface area contributed by atoms with Gasteiger partial charge in [0.1, 0.15) is 0 Å². The first-order chi connectivity index (χ1) is 7.76. The number of hydrogen-bond donors (Lipinski definition) is 0. The van der Waals surface area contributed by atoms with Crippen molar-refractivity contribution in [3.63, 3.8) is 0 Å². The summed E-state index contributed by atoms with van der Waals surface area (Å²) in [6.45, 7) is 6.40. The molecular formula is C13H21NO2. The van der Waals surface area contributed by atoms with Crippen molar-refractivity contribution in [2.75, 3.05) is 19.7 Å². The van der Waals surface area contributed by atoms with Crippen molar-refractivity contribution in [1.82, 2.24) is 4.90 Å². The van der Waals surface area contributed by atoms with Gasteiger partial charge >= 0.3 is 5.97 Å². The van der Waals surface area contributed by atoms with Crippen LogP contribution in [0, 0.1) is 0 Å². The molecule has 0 saturated heterocycles. The van der Waals surface area contributed by atoms with Crippen molar-refractivity contribution in [2.24, 2.45) is 0 Å². The van der Waals surface area contributed by atoms with Crippen molar-refractivity contribution >= 4 is 5.97 Å². The van der Waals surface area contributed by atoms with E-state index in [-0.39, 0.29) is 5.97 Å². The minimum absolute atomic E-state index is 0.125. The van der Waals surface area contributed by atoms with Gasteiger partial charge in [-0.3, -0.25) is 4.79 Å². The van der Waals surface area contributed by atoms with Crippen LogP contribution in [0.25, 0.3) is 0 Å². The van der Waals surface area contributed by atoms with Crippen LogP contribution in [0.4, 0.5) is 0 Å². The molecule has 1 heterocycles. The third-order valence-electron chi connectivity index (χ3n) is 2.51. The van der Waals surface area contributed by atoms with Gasteiger partial charge in [0.15, 0.2) is 0 Å². The van der Waals surface area contributed by atoms with Crippen molar-refractivity contribution in [2.45, 2.75) is 33.1 Å². The molecule has 16 heavy (non-hydrogen) atoms. The maximum Gasteiger partial charge on any atom is 0.309 e. The molecule has 0 fully saturated rings. The predicted molar refractivity (Wildman–Crippen MR) is 65.0 cm³/mol. The lowest BCUT2D eigenvalue weighted by Crippen LogP contribution is -2.24. The van der Waals surface area contributed by atoms with Gasteiger partial charge in [-0.25, -0.2) is 0 Å². The average molecular weight is 223 g/mol. The summed E-state index contributed by atoms with van der Waals surface area (Å²) in [4.78, 5) is 13.6. The number of allylic oxidation sites excluding steroid dienone is 2. The Hall–Kier alpha value is -1.25. The first kappa shape index (κ1) is 12.8. The zero-order valence-electron chi connectivity index (χ0n) is 10.2. The van der Waals surface area contributed by atoms with Crippen LogP contribution in [0.15, 0.2) is 23.9 Å². The Labute approximate surface area is 97.8 Å². The molecule has 0 bridgehead atoms. The number of carbonyl (C=O) groups is 1. The van der Waals surface area contributed by atoms with Crippen LogP contribution in [0.2, 0.25) is 0 Å². The first-order valence-corrected chi connectivity index (χ1v) is 6.02. The van der Waals surface area contributed by atoms with Gasteiger partial charge < -0.3 is 9.64 Å². The van der Waals surface area contributed by atoms with Crippen LogP contribution in [0.5, 0.6) is 0 Å². The summed E-state index contributed by atoms with van der Waals surface area (Å²) in [5, 5.41) is 0. The van der Waals surface area contributed by atoms with Crippen LogP contribution in [0.3, 0.4) is 0 Å². The number of esters is 1. The van der Waals surface area contributed by atoms with Gasteiger partial charge in [0.2, 0.25) is 0 Å². The molecule has 0 aromatic carbocycles. The van der Waals surface area contributed by atoms with Gasteiger partial charge in [-0.05, 0) is 31.2 Å². The van der Waals surface area contributed by atoms with Gasteiger partial charge in [0, 0.05) is 13.1 Å². The molecule has 90 valence electrons. The zero-order valence-corrected chi connectivity index (χ0v) is 10.2. The van der Waals surface area contributed by atoms with E-state index in [2.05, 4.69) is 18.0 Å². The molecule has 0 saturated carbocycles. The monoisotopic (exact) mass is 223 g/mol. The summed E-state index contributed by atoms with van der Waals surface area (Å²) in [6, 6.07) is 0. The molecule has 0 aliphatic carbocycles. The second-order valence-corrected chi connectivity index (χ2v) is 3.97. The summed E-state index contributed by atoms with van der Waals surface area (Å²) in [6.07, 6.45) is 8.91. The highest BCUT2D eigenvalue weighted by Crippen LogP contribution is 2.12. The lowest BCUT2D eigenvalue weighted by atomic mass is 10.1. The van der Waals surface area contributed by atoms with E-state index in [1.807, 2.05) is 19.1 Å². The molecule has 3 heteroatoms. The van der Waals surface area contributed by atoms with E-state index in [1.54, 1.807) is 0 Å².